The van der Waals surface area contributed by atoms with Gasteiger partial charge in [-0.2, -0.15) is 17.0 Å². The fraction of sp³-hybridized carbons (Fsp3) is 0.571. The highest BCUT2D eigenvalue weighted by molar-refractivity contribution is 8.00. The number of hydrogen-bond donors (Lipinski definition) is 0. The first-order chi connectivity index (χ1) is 4.34. The molecule has 1 nitrogen and oxygen atoms in total. The average molecular weight is 139 g/mol. The van der Waals surface area contributed by atoms with E-state index in [4.69, 9.17) is 5.26 Å². The van der Waals surface area contributed by atoms with Crippen molar-refractivity contribution in [3.8, 4) is 6.07 Å². The van der Waals surface area contributed by atoms with E-state index >= 15 is 0 Å². The van der Waals surface area contributed by atoms with Crippen LogP contribution in [0.5, 0.6) is 0 Å². The summed E-state index contributed by atoms with van der Waals surface area (Å²) in [6.07, 6.45) is 2.80. The summed E-state index contributed by atoms with van der Waals surface area (Å²) in [6, 6.07) is 2.06. The summed E-state index contributed by atoms with van der Waals surface area (Å²) >= 11 is 1.93. The molecule has 0 aromatic heterocycles. The highest BCUT2D eigenvalue weighted by Crippen LogP contribution is 2.30. The molecule has 0 bridgehead atoms. The van der Waals surface area contributed by atoms with E-state index < -0.39 is 0 Å². The van der Waals surface area contributed by atoms with Crippen molar-refractivity contribution in [1.82, 2.24) is 0 Å². The van der Waals surface area contributed by atoms with Gasteiger partial charge in [-0.1, -0.05) is 0 Å². The number of hydrogen-bond acceptors (Lipinski definition) is 2. The molecule has 1 aliphatic heterocycles. The first-order valence-corrected chi connectivity index (χ1v) is 4.09. The number of nitriles is 1. The molecule has 1 saturated heterocycles. The summed E-state index contributed by atoms with van der Waals surface area (Å²) in [5.74, 6) is 1.19. The summed E-state index contributed by atoms with van der Waals surface area (Å²) in [4.78, 5) is 0. The molecule has 1 atom stereocenters. The molecule has 1 unspecified atom stereocenters. The molecule has 0 amide bonds. The molecular formula is C7H9NS. The van der Waals surface area contributed by atoms with Gasteiger partial charge in [0.2, 0.25) is 0 Å². The van der Waals surface area contributed by atoms with E-state index in [-0.39, 0.29) is 0 Å². The minimum Gasteiger partial charge on any atom is -0.193 e. The second kappa shape index (κ2) is 2.93. The molecular weight excluding hydrogens is 130 g/mol. The highest BCUT2D eigenvalue weighted by atomic mass is 32.2. The molecule has 0 radical (unpaired) electrons. The zero-order chi connectivity index (χ0) is 6.69. The van der Waals surface area contributed by atoms with Crippen LogP contribution in [0, 0.1) is 11.3 Å². The number of allylic oxidation sites excluding steroid dienone is 1. The van der Waals surface area contributed by atoms with Gasteiger partial charge in [-0.25, -0.2) is 0 Å². The van der Waals surface area contributed by atoms with E-state index in [1.165, 1.54) is 11.3 Å². The largest absolute Gasteiger partial charge is 0.193 e. The molecule has 48 valence electrons. The average Bonchev–Trinajstić information content (AvgIpc) is 2.18. The van der Waals surface area contributed by atoms with E-state index in [9.17, 15) is 0 Å². The van der Waals surface area contributed by atoms with Crippen LogP contribution in [-0.4, -0.2) is 11.0 Å². The number of rotatable bonds is 0. The Hall–Kier alpha value is -0.420. The van der Waals surface area contributed by atoms with Crippen molar-refractivity contribution in [2.75, 3.05) is 5.75 Å². The van der Waals surface area contributed by atoms with E-state index in [0.29, 0.717) is 5.25 Å². The normalized spacial score (nSPS) is 30.7. The van der Waals surface area contributed by atoms with E-state index in [0.717, 1.165) is 6.42 Å². The maximum atomic E-state index is 8.31. The Kier molecular flexibility index (Phi) is 2.18. The maximum absolute atomic E-state index is 8.31. The summed E-state index contributed by atoms with van der Waals surface area (Å²) in [7, 11) is 0. The highest BCUT2D eigenvalue weighted by Gasteiger charge is 2.15. The summed E-state index contributed by atoms with van der Waals surface area (Å²) in [6.45, 7) is 2.15. The summed E-state index contributed by atoms with van der Waals surface area (Å²) < 4.78 is 0. The van der Waals surface area contributed by atoms with Crippen LogP contribution >= 0.6 is 11.8 Å². The fourth-order valence-electron chi connectivity index (χ4n) is 0.936. The Labute approximate surface area is 59.7 Å². The zero-order valence-corrected chi connectivity index (χ0v) is 6.24. The van der Waals surface area contributed by atoms with Gasteiger partial charge in [-0.15, -0.1) is 0 Å². The Balaban J connectivity index is 2.62. The molecule has 2 heteroatoms. The van der Waals surface area contributed by atoms with Crippen molar-refractivity contribution < 1.29 is 0 Å². The minimum absolute atomic E-state index is 0.588. The van der Waals surface area contributed by atoms with Gasteiger partial charge in [0.25, 0.3) is 0 Å². The van der Waals surface area contributed by atoms with Gasteiger partial charge in [0, 0.05) is 11.3 Å². The van der Waals surface area contributed by atoms with Crippen LogP contribution in [-0.2, 0) is 0 Å². The van der Waals surface area contributed by atoms with Crippen LogP contribution in [0.3, 0.4) is 0 Å². The molecule has 0 aromatic carbocycles. The topological polar surface area (TPSA) is 23.8 Å². The monoisotopic (exact) mass is 139 g/mol. The van der Waals surface area contributed by atoms with Crippen LogP contribution in [0.25, 0.3) is 0 Å². The molecule has 0 N–H and O–H groups in total. The maximum Gasteiger partial charge on any atom is 0.0911 e. The molecule has 1 rings (SSSR count). The minimum atomic E-state index is 0.588. The second-order valence-electron chi connectivity index (χ2n) is 2.11. The number of thioether (sulfide) groups is 1. The van der Waals surface area contributed by atoms with Crippen LogP contribution in [0.1, 0.15) is 13.3 Å². The third-order valence-electron chi connectivity index (χ3n) is 1.53. The lowest BCUT2D eigenvalue weighted by molar-refractivity contribution is 1.06. The van der Waals surface area contributed by atoms with Gasteiger partial charge in [0.1, 0.15) is 0 Å². The smallest absolute Gasteiger partial charge is 0.0911 e. The van der Waals surface area contributed by atoms with Gasteiger partial charge in [0.05, 0.1) is 6.07 Å². The van der Waals surface area contributed by atoms with Gasteiger partial charge in [-0.3, -0.25) is 0 Å². The molecule has 9 heavy (non-hydrogen) atoms. The molecule has 1 aliphatic rings. The number of nitrogens with zero attached hydrogens (tertiary/aromatic N) is 1. The van der Waals surface area contributed by atoms with Crippen molar-refractivity contribution in [1.29, 1.82) is 5.26 Å². The van der Waals surface area contributed by atoms with Gasteiger partial charge in [-0.05, 0) is 24.7 Å². The van der Waals surface area contributed by atoms with E-state index in [1.54, 1.807) is 6.08 Å². The van der Waals surface area contributed by atoms with Crippen LogP contribution in [0.4, 0.5) is 0 Å². The molecule has 0 aliphatic carbocycles. The summed E-state index contributed by atoms with van der Waals surface area (Å²) in [5.41, 5.74) is 1.31. The van der Waals surface area contributed by atoms with Gasteiger partial charge < -0.3 is 0 Å². The lowest BCUT2D eigenvalue weighted by atomic mass is 10.1. The molecule has 1 heterocycles. The second-order valence-corrected chi connectivity index (χ2v) is 3.56. The van der Waals surface area contributed by atoms with Gasteiger partial charge >= 0.3 is 0 Å². The first kappa shape index (κ1) is 6.70. The predicted molar refractivity (Wildman–Crippen MR) is 40.2 cm³/mol. The van der Waals surface area contributed by atoms with Crippen molar-refractivity contribution in [2.45, 2.75) is 18.6 Å². The van der Waals surface area contributed by atoms with Crippen molar-refractivity contribution in [3.63, 3.8) is 0 Å². The molecule has 0 aromatic rings. The quantitative estimate of drug-likeness (QED) is 0.479. The van der Waals surface area contributed by atoms with Crippen LogP contribution < -0.4 is 0 Å². The lowest BCUT2D eigenvalue weighted by Gasteiger charge is -1.98. The molecule has 1 fully saturated rings. The first-order valence-electron chi connectivity index (χ1n) is 3.04. The van der Waals surface area contributed by atoms with Crippen LogP contribution in [0.2, 0.25) is 0 Å². The van der Waals surface area contributed by atoms with E-state index in [1.807, 2.05) is 11.8 Å². The van der Waals surface area contributed by atoms with Crippen molar-refractivity contribution in [2.24, 2.45) is 0 Å². The Bertz CT molecular complexity index is 166. The Morgan fingerprint density at radius 3 is 3.11 bits per heavy atom. The summed E-state index contributed by atoms with van der Waals surface area (Å²) in [5, 5.41) is 8.90. The Morgan fingerprint density at radius 2 is 2.67 bits per heavy atom. The predicted octanol–water partition coefficient (Wildman–Crippen LogP) is 1.96. The van der Waals surface area contributed by atoms with Crippen molar-refractivity contribution >= 4 is 11.8 Å². The van der Waals surface area contributed by atoms with E-state index in [2.05, 4.69) is 13.0 Å². The SMILES string of the molecule is CC1SCC/C1=C\C#N. The fourth-order valence-corrected chi connectivity index (χ4v) is 2.04. The standard InChI is InChI=1S/C7H9NS/c1-6-7(2-4-8)3-5-9-6/h2,6H,3,5H2,1H3/b7-2+. The van der Waals surface area contributed by atoms with Crippen molar-refractivity contribution in [3.05, 3.63) is 11.6 Å². The third-order valence-corrected chi connectivity index (χ3v) is 2.77. The van der Waals surface area contributed by atoms with Gasteiger partial charge in [0.15, 0.2) is 0 Å². The molecule has 0 spiro atoms. The molecule has 0 saturated carbocycles. The third kappa shape index (κ3) is 1.49. The zero-order valence-electron chi connectivity index (χ0n) is 5.42. The Morgan fingerprint density at radius 1 is 1.89 bits per heavy atom. The lowest BCUT2D eigenvalue weighted by Crippen LogP contribution is -1.90. The van der Waals surface area contributed by atoms with Crippen LogP contribution in [0.15, 0.2) is 11.6 Å².